The van der Waals surface area contributed by atoms with E-state index in [2.05, 4.69) is 31.9 Å². The Hall–Kier alpha value is -0.650. The van der Waals surface area contributed by atoms with E-state index in [1.165, 1.54) is 12.1 Å². The van der Waals surface area contributed by atoms with Crippen molar-refractivity contribution in [3.05, 3.63) is 27.1 Å². The van der Waals surface area contributed by atoms with Crippen molar-refractivity contribution in [1.82, 2.24) is 4.31 Å². The summed E-state index contributed by atoms with van der Waals surface area (Å²) in [6.45, 7) is -3.17. The number of hydrogen-bond donors (Lipinski definition) is 1. The second-order valence-electron chi connectivity index (χ2n) is 3.86. The van der Waals surface area contributed by atoms with Crippen LogP contribution in [0.1, 0.15) is 0 Å². The minimum atomic E-state index is -4.86. The number of rotatable bonds is 5. The van der Waals surface area contributed by atoms with Crippen LogP contribution in [0.2, 0.25) is 0 Å². The minimum Gasteiger partial charge on any atom is -0.480 e. The predicted octanol–water partition coefficient (Wildman–Crippen LogP) is 2.85. The first-order valence-electron chi connectivity index (χ1n) is 5.17. The lowest BCUT2D eigenvalue weighted by atomic mass is 10.4. The molecule has 0 spiro atoms. The summed E-state index contributed by atoms with van der Waals surface area (Å²) in [5, 5.41) is 8.61. The highest BCUT2D eigenvalue weighted by atomic mass is 79.9. The van der Waals surface area contributed by atoms with Crippen LogP contribution < -0.4 is 0 Å². The Morgan fingerprint density at radius 1 is 1.29 bits per heavy atom. The Morgan fingerprint density at radius 3 is 2.29 bits per heavy atom. The van der Waals surface area contributed by atoms with E-state index in [1.807, 2.05) is 0 Å². The van der Waals surface area contributed by atoms with Crippen LogP contribution in [-0.4, -0.2) is 43.1 Å². The van der Waals surface area contributed by atoms with E-state index in [0.717, 1.165) is 6.07 Å². The number of benzene rings is 1. The molecule has 1 aromatic carbocycles. The number of halogens is 5. The lowest BCUT2D eigenvalue weighted by Gasteiger charge is -2.22. The van der Waals surface area contributed by atoms with Gasteiger partial charge < -0.3 is 5.11 Å². The SMILES string of the molecule is O=C(O)CN(CC(F)(F)F)S(=O)(=O)c1ccc(Br)cc1Br. The van der Waals surface area contributed by atoms with E-state index < -0.39 is 40.2 Å². The number of carboxylic acids is 1. The van der Waals surface area contributed by atoms with Crippen LogP contribution in [0.15, 0.2) is 32.0 Å². The van der Waals surface area contributed by atoms with Gasteiger partial charge in [-0.15, -0.1) is 0 Å². The molecule has 1 aromatic rings. The number of sulfonamides is 1. The van der Waals surface area contributed by atoms with E-state index >= 15 is 0 Å². The monoisotopic (exact) mass is 453 g/mol. The molecule has 0 radical (unpaired) electrons. The molecule has 5 nitrogen and oxygen atoms in total. The maximum absolute atomic E-state index is 12.4. The van der Waals surface area contributed by atoms with Gasteiger partial charge >= 0.3 is 12.1 Å². The van der Waals surface area contributed by atoms with E-state index in [0.29, 0.717) is 4.47 Å². The third-order valence-electron chi connectivity index (χ3n) is 2.18. The molecule has 118 valence electrons. The summed E-state index contributed by atoms with van der Waals surface area (Å²) >= 11 is 6.01. The summed E-state index contributed by atoms with van der Waals surface area (Å²) in [6, 6.07) is 3.73. The molecule has 1 rings (SSSR count). The van der Waals surface area contributed by atoms with Crippen molar-refractivity contribution in [1.29, 1.82) is 0 Å². The van der Waals surface area contributed by atoms with Gasteiger partial charge in [0.1, 0.15) is 13.1 Å². The maximum Gasteiger partial charge on any atom is 0.402 e. The molecule has 1 N–H and O–H groups in total. The van der Waals surface area contributed by atoms with Crippen LogP contribution in [0.25, 0.3) is 0 Å². The zero-order valence-electron chi connectivity index (χ0n) is 10.1. The first-order chi connectivity index (χ1) is 9.43. The summed E-state index contributed by atoms with van der Waals surface area (Å²) in [7, 11) is -4.61. The second kappa shape index (κ2) is 6.63. The van der Waals surface area contributed by atoms with Crippen LogP contribution in [0, 0.1) is 0 Å². The molecule has 0 aliphatic heterocycles. The Labute approximate surface area is 135 Å². The Kier molecular flexibility index (Phi) is 5.81. The van der Waals surface area contributed by atoms with Crippen molar-refractivity contribution in [3.8, 4) is 0 Å². The molecule has 0 unspecified atom stereocenters. The standard InChI is InChI=1S/C10H8Br2F3NO4S/c11-6-1-2-8(7(12)3-6)21(19,20)16(4-9(17)18)5-10(13,14)15/h1-3H,4-5H2,(H,17,18). The molecule has 21 heavy (non-hydrogen) atoms. The van der Waals surface area contributed by atoms with Gasteiger partial charge in [-0.05, 0) is 34.1 Å². The zero-order valence-corrected chi connectivity index (χ0v) is 14.1. The molecule has 0 bridgehead atoms. The Balaban J connectivity index is 3.29. The molecule has 11 heteroatoms. The maximum atomic E-state index is 12.4. The number of carboxylic acid groups (broad SMARTS) is 1. The smallest absolute Gasteiger partial charge is 0.402 e. The molecule has 0 saturated heterocycles. The molecule has 0 fully saturated rings. The second-order valence-corrected chi connectivity index (χ2v) is 7.53. The van der Waals surface area contributed by atoms with Crippen LogP contribution in [0.5, 0.6) is 0 Å². The van der Waals surface area contributed by atoms with Gasteiger partial charge in [0.15, 0.2) is 0 Å². The van der Waals surface area contributed by atoms with Gasteiger partial charge in [-0.2, -0.15) is 17.5 Å². The summed E-state index contributed by atoms with van der Waals surface area (Å²) in [4.78, 5) is 10.2. The van der Waals surface area contributed by atoms with Crippen molar-refractivity contribution >= 4 is 47.9 Å². The molecule has 0 amide bonds. The molecule has 0 aliphatic carbocycles. The highest BCUT2D eigenvalue weighted by Crippen LogP contribution is 2.29. The topological polar surface area (TPSA) is 74.7 Å². The van der Waals surface area contributed by atoms with Crippen LogP contribution in [-0.2, 0) is 14.8 Å². The van der Waals surface area contributed by atoms with Crippen molar-refractivity contribution in [2.75, 3.05) is 13.1 Å². The first kappa shape index (κ1) is 18.4. The highest BCUT2D eigenvalue weighted by Gasteiger charge is 2.38. The lowest BCUT2D eigenvalue weighted by Crippen LogP contribution is -2.42. The predicted molar refractivity (Wildman–Crippen MR) is 74.3 cm³/mol. The fraction of sp³-hybridized carbons (Fsp3) is 0.300. The average Bonchev–Trinajstić information content (AvgIpc) is 2.24. The average molecular weight is 455 g/mol. The van der Waals surface area contributed by atoms with Crippen molar-refractivity contribution in [2.24, 2.45) is 0 Å². The summed E-state index contributed by atoms with van der Waals surface area (Å²) in [5.41, 5.74) is 0. The van der Waals surface area contributed by atoms with Gasteiger partial charge in [-0.1, -0.05) is 15.9 Å². The fourth-order valence-electron chi connectivity index (χ4n) is 1.40. The number of carbonyl (C=O) groups is 1. The number of hydrogen-bond acceptors (Lipinski definition) is 3. The van der Waals surface area contributed by atoms with Gasteiger partial charge in [-0.25, -0.2) is 8.42 Å². The molecule has 0 saturated carbocycles. The Morgan fingerprint density at radius 2 is 1.86 bits per heavy atom. The molecular weight excluding hydrogens is 447 g/mol. The quantitative estimate of drug-likeness (QED) is 0.742. The zero-order chi connectivity index (χ0) is 16.4. The van der Waals surface area contributed by atoms with Crippen LogP contribution in [0.3, 0.4) is 0 Å². The van der Waals surface area contributed by atoms with Crippen molar-refractivity contribution < 1.29 is 31.5 Å². The molecule has 0 heterocycles. The molecule has 0 atom stereocenters. The lowest BCUT2D eigenvalue weighted by molar-refractivity contribution is -0.146. The highest BCUT2D eigenvalue weighted by molar-refractivity contribution is 9.11. The van der Waals surface area contributed by atoms with Crippen molar-refractivity contribution in [3.63, 3.8) is 0 Å². The largest absolute Gasteiger partial charge is 0.480 e. The van der Waals surface area contributed by atoms with Gasteiger partial charge in [0.05, 0.1) is 4.90 Å². The molecular formula is C10H8Br2F3NO4S. The fourth-order valence-corrected chi connectivity index (χ4v) is 4.48. The normalized spacial score (nSPS) is 12.7. The van der Waals surface area contributed by atoms with Gasteiger partial charge in [0, 0.05) is 8.95 Å². The third kappa shape index (κ3) is 5.24. The van der Waals surface area contributed by atoms with Gasteiger partial charge in [-0.3, -0.25) is 4.79 Å². The van der Waals surface area contributed by atoms with E-state index in [1.54, 1.807) is 0 Å². The van der Waals surface area contributed by atoms with E-state index in [9.17, 15) is 26.4 Å². The van der Waals surface area contributed by atoms with Gasteiger partial charge in [0.25, 0.3) is 0 Å². The number of aliphatic carboxylic acids is 1. The molecule has 0 aromatic heterocycles. The first-order valence-corrected chi connectivity index (χ1v) is 8.20. The number of alkyl halides is 3. The van der Waals surface area contributed by atoms with Crippen molar-refractivity contribution in [2.45, 2.75) is 11.1 Å². The molecule has 0 aliphatic rings. The summed E-state index contributed by atoms with van der Waals surface area (Å²) in [6.07, 6.45) is -4.86. The van der Waals surface area contributed by atoms with Crippen LogP contribution in [0.4, 0.5) is 13.2 Å². The Bertz CT molecular complexity index is 648. The summed E-state index contributed by atoms with van der Waals surface area (Å²) < 4.78 is 62.1. The van der Waals surface area contributed by atoms with Gasteiger partial charge in [0.2, 0.25) is 10.0 Å². The number of nitrogens with zero attached hydrogens (tertiary/aromatic N) is 1. The van der Waals surface area contributed by atoms with E-state index in [-0.39, 0.29) is 8.78 Å². The summed E-state index contributed by atoms with van der Waals surface area (Å²) in [5.74, 6) is -1.68. The minimum absolute atomic E-state index is 0.0226. The van der Waals surface area contributed by atoms with Crippen LogP contribution >= 0.6 is 31.9 Å². The van der Waals surface area contributed by atoms with E-state index in [4.69, 9.17) is 5.11 Å². The third-order valence-corrected chi connectivity index (χ3v) is 5.44.